The van der Waals surface area contributed by atoms with Crippen LogP contribution in [-0.4, -0.2) is 41.9 Å². The number of aliphatic hydroxyl groups excluding tert-OH is 1. The Labute approximate surface area is 102 Å². The summed E-state index contributed by atoms with van der Waals surface area (Å²) in [6, 6.07) is 5.30. The van der Waals surface area contributed by atoms with Crippen molar-refractivity contribution in [3.8, 4) is 11.5 Å². The number of ether oxygens (including phenoxy) is 1. The molecule has 0 amide bonds. The number of hydrogen-bond donors (Lipinski definition) is 2. The molecule has 0 aromatic heterocycles. The number of benzene rings is 1. The van der Waals surface area contributed by atoms with Crippen molar-refractivity contribution in [2.24, 2.45) is 0 Å². The highest BCUT2D eigenvalue weighted by Crippen LogP contribution is 2.26. The Bertz CT molecular complexity index is 366. The van der Waals surface area contributed by atoms with Gasteiger partial charge in [-0.25, -0.2) is 0 Å². The number of methoxy groups -OCH3 is 1. The molecule has 0 aliphatic heterocycles. The van der Waals surface area contributed by atoms with Crippen LogP contribution in [0.2, 0.25) is 0 Å². The maximum atomic E-state index is 9.65. The second kappa shape index (κ2) is 6.93. The highest BCUT2D eigenvalue weighted by Gasteiger charge is 2.06. The third kappa shape index (κ3) is 4.09. The molecule has 0 aliphatic carbocycles. The van der Waals surface area contributed by atoms with Crippen molar-refractivity contribution in [2.75, 3.05) is 26.8 Å². The van der Waals surface area contributed by atoms with Crippen molar-refractivity contribution in [1.82, 2.24) is 4.90 Å². The van der Waals surface area contributed by atoms with Gasteiger partial charge in [0, 0.05) is 19.6 Å². The first kappa shape index (κ1) is 13.5. The van der Waals surface area contributed by atoms with Crippen LogP contribution < -0.4 is 4.74 Å². The third-order valence-electron chi connectivity index (χ3n) is 2.45. The molecule has 0 spiro atoms. The molecule has 0 saturated heterocycles. The number of hydrogen-bond acceptors (Lipinski definition) is 4. The Morgan fingerprint density at radius 2 is 2.24 bits per heavy atom. The highest BCUT2D eigenvalue weighted by molar-refractivity contribution is 5.41. The first-order chi connectivity index (χ1) is 8.21. The van der Waals surface area contributed by atoms with E-state index in [1.165, 1.54) is 7.11 Å². The van der Waals surface area contributed by atoms with Gasteiger partial charge in [0.05, 0.1) is 13.7 Å². The zero-order valence-electron chi connectivity index (χ0n) is 10.1. The van der Waals surface area contributed by atoms with Gasteiger partial charge in [0.2, 0.25) is 0 Å². The van der Waals surface area contributed by atoms with Gasteiger partial charge in [-0.2, -0.15) is 0 Å². The predicted molar refractivity (Wildman–Crippen MR) is 67.2 cm³/mol. The molecular formula is C13H19NO3. The fourth-order valence-corrected chi connectivity index (χ4v) is 1.65. The molecule has 0 fully saturated rings. The van der Waals surface area contributed by atoms with Crippen LogP contribution in [-0.2, 0) is 6.54 Å². The molecule has 1 aromatic rings. The first-order valence-corrected chi connectivity index (χ1v) is 5.51. The van der Waals surface area contributed by atoms with Crippen LogP contribution in [0.15, 0.2) is 30.9 Å². The van der Waals surface area contributed by atoms with Crippen molar-refractivity contribution in [2.45, 2.75) is 6.54 Å². The summed E-state index contributed by atoms with van der Waals surface area (Å²) in [6.45, 7) is 5.72. The number of aromatic hydroxyl groups is 1. The summed E-state index contributed by atoms with van der Waals surface area (Å²) in [4.78, 5) is 2.04. The fraction of sp³-hybridized carbons (Fsp3) is 0.385. The number of aliphatic hydroxyl groups is 1. The van der Waals surface area contributed by atoms with E-state index in [0.29, 0.717) is 25.4 Å². The van der Waals surface area contributed by atoms with Gasteiger partial charge in [0.15, 0.2) is 11.5 Å². The van der Waals surface area contributed by atoms with Gasteiger partial charge in [0.25, 0.3) is 0 Å². The molecule has 94 valence electrons. The number of phenolic OH excluding ortho intramolecular Hbond substituents is 1. The lowest BCUT2D eigenvalue weighted by Gasteiger charge is -2.19. The van der Waals surface area contributed by atoms with Crippen LogP contribution in [0.3, 0.4) is 0 Å². The van der Waals surface area contributed by atoms with Crippen LogP contribution in [0.25, 0.3) is 0 Å². The maximum Gasteiger partial charge on any atom is 0.160 e. The standard InChI is InChI=1S/C13H19NO3/c1-3-6-14(7-8-15)10-11-4-5-13(17-2)12(16)9-11/h3-5,9,15-16H,1,6-8,10H2,2H3. The van der Waals surface area contributed by atoms with Gasteiger partial charge < -0.3 is 14.9 Å². The topological polar surface area (TPSA) is 52.9 Å². The molecule has 0 heterocycles. The molecule has 2 N–H and O–H groups in total. The van der Waals surface area contributed by atoms with Crippen LogP contribution in [0.4, 0.5) is 0 Å². The summed E-state index contributed by atoms with van der Waals surface area (Å²) in [6.07, 6.45) is 1.79. The minimum atomic E-state index is 0.107. The summed E-state index contributed by atoms with van der Waals surface area (Å²) in [7, 11) is 1.52. The van der Waals surface area contributed by atoms with Crippen LogP contribution in [0.5, 0.6) is 11.5 Å². The summed E-state index contributed by atoms with van der Waals surface area (Å²) in [5.74, 6) is 0.596. The van der Waals surface area contributed by atoms with Crippen molar-refractivity contribution in [1.29, 1.82) is 0 Å². The Morgan fingerprint density at radius 3 is 2.76 bits per heavy atom. The van der Waals surface area contributed by atoms with E-state index in [0.717, 1.165) is 5.56 Å². The second-order valence-electron chi connectivity index (χ2n) is 3.75. The third-order valence-corrected chi connectivity index (χ3v) is 2.45. The lowest BCUT2D eigenvalue weighted by molar-refractivity contribution is 0.203. The largest absolute Gasteiger partial charge is 0.504 e. The molecule has 0 saturated carbocycles. The second-order valence-corrected chi connectivity index (χ2v) is 3.75. The Balaban J connectivity index is 2.71. The lowest BCUT2D eigenvalue weighted by Crippen LogP contribution is -2.26. The monoisotopic (exact) mass is 237 g/mol. The van der Waals surface area contributed by atoms with Crippen molar-refractivity contribution >= 4 is 0 Å². The molecule has 0 radical (unpaired) electrons. The average molecular weight is 237 g/mol. The van der Waals surface area contributed by atoms with E-state index in [9.17, 15) is 5.11 Å². The average Bonchev–Trinajstić information content (AvgIpc) is 2.30. The number of phenols is 1. The highest BCUT2D eigenvalue weighted by atomic mass is 16.5. The SMILES string of the molecule is C=CCN(CCO)Cc1ccc(OC)c(O)c1. The summed E-state index contributed by atoms with van der Waals surface area (Å²) in [5.41, 5.74) is 0.971. The Morgan fingerprint density at radius 1 is 1.47 bits per heavy atom. The molecular weight excluding hydrogens is 218 g/mol. The molecule has 17 heavy (non-hydrogen) atoms. The minimum absolute atomic E-state index is 0.107. The number of nitrogens with zero attached hydrogens (tertiary/aromatic N) is 1. The molecule has 4 nitrogen and oxygen atoms in total. The molecule has 4 heteroatoms. The van der Waals surface area contributed by atoms with Gasteiger partial charge in [-0.05, 0) is 17.7 Å². The van der Waals surface area contributed by atoms with E-state index < -0.39 is 0 Å². The van der Waals surface area contributed by atoms with Gasteiger partial charge in [-0.3, -0.25) is 4.90 Å². The Hall–Kier alpha value is -1.52. The van der Waals surface area contributed by atoms with Crippen LogP contribution in [0.1, 0.15) is 5.56 Å². The molecule has 0 unspecified atom stereocenters. The van der Waals surface area contributed by atoms with Crippen molar-refractivity contribution in [3.63, 3.8) is 0 Å². The van der Waals surface area contributed by atoms with Crippen LogP contribution in [0, 0.1) is 0 Å². The van der Waals surface area contributed by atoms with E-state index in [1.54, 1.807) is 18.2 Å². The smallest absolute Gasteiger partial charge is 0.160 e. The quantitative estimate of drug-likeness (QED) is 0.703. The van der Waals surface area contributed by atoms with E-state index >= 15 is 0 Å². The van der Waals surface area contributed by atoms with E-state index in [4.69, 9.17) is 9.84 Å². The normalized spacial score (nSPS) is 10.5. The maximum absolute atomic E-state index is 9.65. The van der Waals surface area contributed by atoms with E-state index in [1.807, 2.05) is 11.0 Å². The summed E-state index contributed by atoms with van der Waals surface area (Å²) < 4.78 is 4.98. The van der Waals surface area contributed by atoms with Gasteiger partial charge in [-0.1, -0.05) is 12.1 Å². The van der Waals surface area contributed by atoms with Crippen molar-refractivity contribution in [3.05, 3.63) is 36.4 Å². The zero-order chi connectivity index (χ0) is 12.7. The molecule has 0 atom stereocenters. The molecule has 0 bridgehead atoms. The molecule has 1 aromatic carbocycles. The predicted octanol–water partition coefficient (Wildman–Crippen LogP) is 1.38. The van der Waals surface area contributed by atoms with Gasteiger partial charge in [-0.15, -0.1) is 6.58 Å². The van der Waals surface area contributed by atoms with Gasteiger partial charge >= 0.3 is 0 Å². The van der Waals surface area contributed by atoms with E-state index in [2.05, 4.69) is 6.58 Å². The molecule has 0 aliphatic rings. The van der Waals surface area contributed by atoms with E-state index in [-0.39, 0.29) is 12.4 Å². The van der Waals surface area contributed by atoms with Crippen LogP contribution >= 0.6 is 0 Å². The summed E-state index contributed by atoms with van der Waals surface area (Å²) >= 11 is 0. The first-order valence-electron chi connectivity index (χ1n) is 5.51. The molecule has 1 rings (SSSR count). The number of rotatable bonds is 7. The van der Waals surface area contributed by atoms with Crippen molar-refractivity contribution < 1.29 is 14.9 Å². The summed E-state index contributed by atoms with van der Waals surface area (Å²) in [5, 5.41) is 18.6. The van der Waals surface area contributed by atoms with Gasteiger partial charge in [0.1, 0.15) is 0 Å². The minimum Gasteiger partial charge on any atom is -0.504 e. The fourth-order valence-electron chi connectivity index (χ4n) is 1.65. The lowest BCUT2D eigenvalue weighted by atomic mass is 10.2. The zero-order valence-corrected chi connectivity index (χ0v) is 10.1. The Kier molecular flexibility index (Phi) is 5.52.